The molecule has 0 radical (unpaired) electrons. The number of nitrogens with one attached hydrogen (secondary N) is 2. The van der Waals surface area contributed by atoms with E-state index in [9.17, 15) is 0 Å². The van der Waals surface area contributed by atoms with Gasteiger partial charge in [0.15, 0.2) is 5.96 Å². The second kappa shape index (κ2) is 11.1. The largest absolute Gasteiger partial charge is 0.357 e. The molecule has 0 aliphatic carbocycles. The zero-order valence-electron chi connectivity index (χ0n) is 16.4. The Morgan fingerprint density at radius 1 is 1.29 bits per heavy atom. The van der Waals surface area contributed by atoms with Crippen LogP contribution >= 0.6 is 0 Å². The van der Waals surface area contributed by atoms with Crippen molar-refractivity contribution >= 4 is 5.96 Å². The molecule has 0 unspecified atom stereocenters. The summed E-state index contributed by atoms with van der Waals surface area (Å²) in [5, 5.41) is 11.2. The van der Waals surface area contributed by atoms with Gasteiger partial charge in [0.1, 0.15) is 0 Å². The van der Waals surface area contributed by atoms with Gasteiger partial charge >= 0.3 is 0 Å². The molecular weight excluding hydrogens is 300 g/mol. The summed E-state index contributed by atoms with van der Waals surface area (Å²) in [6, 6.07) is 2.69. The zero-order chi connectivity index (χ0) is 17.9. The first kappa shape index (κ1) is 20.5. The van der Waals surface area contributed by atoms with Crippen molar-refractivity contribution in [2.24, 2.45) is 4.99 Å². The maximum absolute atomic E-state index is 4.67. The third-order valence-electron chi connectivity index (χ3n) is 4.07. The number of hydrogen-bond acceptors (Lipinski definition) is 3. The number of nitrogens with zero attached hydrogens (tertiary/aromatic N) is 4. The SMILES string of the molecule is CCNC(=NCCCn1nc(C)cc1C)NCCN(CC)C(C)C. The van der Waals surface area contributed by atoms with Crippen LogP contribution in [0.3, 0.4) is 0 Å². The Bertz CT molecular complexity index is 492. The fourth-order valence-corrected chi connectivity index (χ4v) is 2.75. The molecule has 1 aromatic rings. The Kier molecular flexibility index (Phi) is 9.45. The Morgan fingerprint density at radius 3 is 2.58 bits per heavy atom. The number of aliphatic imine (C=N–C) groups is 1. The first-order chi connectivity index (χ1) is 11.5. The minimum Gasteiger partial charge on any atom is -0.357 e. The van der Waals surface area contributed by atoms with E-state index in [1.807, 2.05) is 6.92 Å². The van der Waals surface area contributed by atoms with Gasteiger partial charge < -0.3 is 10.6 Å². The maximum atomic E-state index is 4.67. The summed E-state index contributed by atoms with van der Waals surface area (Å²) in [4.78, 5) is 7.11. The third kappa shape index (κ3) is 7.34. The van der Waals surface area contributed by atoms with Gasteiger partial charge in [0.05, 0.1) is 5.69 Å². The molecule has 0 aromatic carbocycles. The highest BCUT2D eigenvalue weighted by molar-refractivity contribution is 5.79. The van der Waals surface area contributed by atoms with Crippen LogP contribution in [0.4, 0.5) is 0 Å². The van der Waals surface area contributed by atoms with Gasteiger partial charge in [-0.2, -0.15) is 5.10 Å². The Balaban J connectivity index is 2.37. The van der Waals surface area contributed by atoms with Crippen molar-refractivity contribution in [3.63, 3.8) is 0 Å². The number of likely N-dealkylation sites (N-methyl/N-ethyl adjacent to an activating group) is 1. The quantitative estimate of drug-likeness (QED) is 0.391. The Morgan fingerprint density at radius 2 is 2.04 bits per heavy atom. The molecule has 0 aliphatic heterocycles. The highest BCUT2D eigenvalue weighted by Crippen LogP contribution is 2.02. The van der Waals surface area contributed by atoms with Crippen LogP contribution in [0.1, 0.15) is 45.5 Å². The van der Waals surface area contributed by atoms with E-state index >= 15 is 0 Å². The van der Waals surface area contributed by atoms with E-state index in [0.717, 1.165) is 57.3 Å². The normalized spacial score (nSPS) is 12.2. The monoisotopic (exact) mass is 336 g/mol. The summed E-state index contributed by atoms with van der Waals surface area (Å²) in [6.07, 6.45) is 0.992. The van der Waals surface area contributed by atoms with Crippen LogP contribution in [0.2, 0.25) is 0 Å². The van der Waals surface area contributed by atoms with Crippen molar-refractivity contribution in [2.75, 3.05) is 32.7 Å². The maximum Gasteiger partial charge on any atom is 0.191 e. The van der Waals surface area contributed by atoms with Gasteiger partial charge in [-0.05, 0) is 53.7 Å². The average molecular weight is 337 g/mol. The van der Waals surface area contributed by atoms with Gasteiger partial charge in [0.2, 0.25) is 0 Å². The minimum atomic E-state index is 0.581. The zero-order valence-corrected chi connectivity index (χ0v) is 16.4. The number of aromatic nitrogens is 2. The highest BCUT2D eigenvalue weighted by atomic mass is 15.3. The van der Waals surface area contributed by atoms with Crippen LogP contribution in [0.15, 0.2) is 11.1 Å². The molecule has 1 rings (SSSR count). The Hall–Kier alpha value is -1.56. The summed E-state index contributed by atoms with van der Waals surface area (Å²) in [5.74, 6) is 0.908. The molecule has 0 atom stereocenters. The van der Waals surface area contributed by atoms with Gasteiger partial charge in [-0.25, -0.2) is 0 Å². The molecule has 0 saturated carbocycles. The lowest BCUT2D eigenvalue weighted by molar-refractivity contribution is 0.237. The van der Waals surface area contributed by atoms with E-state index in [1.54, 1.807) is 0 Å². The first-order valence-electron chi connectivity index (χ1n) is 9.25. The smallest absolute Gasteiger partial charge is 0.191 e. The van der Waals surface area contributed by atoms with Gasteiger partial charge in [-0.1, -0.05) is 6.92 Å². The molecule has 0 bridgehead atoms. The van der Waals surface area contributed by atoms with Gasteiger partial charge in [0, 0.05) is 44.5 Å². The standard InChI is InChI=1S/C18H36N6/c1-7-19-18(21-11-13-23(8-2)15(3)4)20-10-9-12-24-17(6)14-16(5)22-24/h14-15H,7-13H2,1-6H3,(H2,19,20,21). The molecule has 0 aliphatic rings. The molecule has 24 heavy (non-hydrogen) atoms. The molecule has 0 spiro atoms. The van der Waals surface area contributed by atoms with Gasteiger partial charge in [-0.3, -0.25) is 14.6 Å². The van der Waals surface area contributed by atoms with E-state index in [2.05, 4.69) is 71.0 Å². The number of aryl methyl sites for hydroxylation is 3. The lowest BCUT2D eigenvalue weighted by atomic mass is 10.3. The van der Waals surface area contributed by atoms with Crippen LogP contribution in [0.5, 0.6) is 0 Å². The molecule has 138 valence electrons. The van der Waals surface area contributed by atoms with Crippen LogP contribution in [-0.4, -0.2) is 59.4 Å². The van der Waals surface area contributed by atoms with Crippen molar-refractivity contribution in [1.82, 2.24) is 25.3 Å². The van der Waals surface area contributed by atoms with E-state index in [1.165, 1.54) is 5.69 Å². The van der Waals surface area contributed by atoms with Crippen molar-refractivity contribution in [1.29, 1.82) is 0 Å². The topological polar surface area (TPSA) is 57.5 Å². The fourth-order valence-electron chi connectivity index (χ4n) is 2.75. The molecule has 0 fully saturated rings. The van der Waals surface area contributed by atoms with Crippen molar-refractivity contribution < 1.29 is 0 Å². The summed E-state index contributed by atoms with van der Waals surface area (Å²) in [7, 11) is 0. The third-order valence-corrected chi connectivity index (χ3v) is 4.07. The lowest BCUT2D eigenvalue weighted by Gasteiger charge is -2.25. The predicted octanol–water partition coefficient (Wildman–Crippen LogP) is 2.18. The van der Waals surface area contributed by atoms with E-state index in [4.69, 9.17) is 0 Å². The second-order valence-electron chi connectivity index (χ2n) is 6.41. The lowest BCUT2D eigenvalue weighted by Crippen LogP contribution is -2.43. The fraction of sp³-hybridized carbons (Fsp3) is 0.778. The van der Waals surface area contributed by atoms with E-state index in [-0.39, 0.29) is 0 Å². The number of rotatable bonds is 10. The molecule has 1 aromatic heterocycles. The summed E-state index contributed by atoms with van der Waals surface area (Å²) in [6.45, 7) is 18.5. The summed E-state index contributed by atoms with van der Waals surface area (Å²) in [5.41, 5.74) is 2.30. The second-order valence-corrected chi connectivity index (χ2v) is 6.41. The molecule has 1 heterocycles. The van der Waals surface area contributed by atoms with Crippen molar-refractivity contribution in [2.45, 2.75) is 60.5 Å². The summed E-state index contributed by atoms with van der Waals surface area (Å²) < 4.78 is 2.06. The van der Waals surface area contributed by atoms with E-state index < -0.39 is 0 Å². The average Bonchev–Trinajstić information content (AvgIpc) is 2.85. The van der Waals surface area contributed by atoms with Crippen LogP contribution in [0.25, 0.3) is 0 Å². The number of guanidine groups is 1. The number of hydrogen-bond donors (Lipinski definition) is 2. The van der Waals surface area contributed by atoms with Crippen molar-refractivity contribution in [3.8, 4) is 0 Å². The first-order valence-corrected chi connectivity index (χ1v) is 9.25. The van der Waals surface area contributed by atoms with Gasteiger partial charge in [-0.15, -0.1) is 0 Å². The Labute approximate surface area is 147 Å². The molecular formula is C18H36N6. The predicted molar refractivity (Wildman–Crippen MR) is 103 cm³/mol. The molecule has 0 saturated heterocycles. The molecule has 6 nitrogen and oxygen atoms in total. The van der Waals surface area contributed by atoms with Crippen LogP contribution < -0.4 is 10.6 Å². The molecule has 6 heteroatoms. The molecule has 0 amide bonds. The van der Waals surface area contributed by atoms with Crippen LogP contribution in [-0.2, 0) is 6.54 Å². The van der Waals surface area contributed by atoms with Crippen molar-refractivity contribution in [3.05, 3.63) is 17.5 Å². The minimum absolute atomic E-state index is 0.581. The highest BCUT2D eigenvalue weighted by Gasteiger charge is 2.06. The van der Waals surface area contributed by atoms with Gasteiger partial charge in [0.25, 0.3) is 0 Å². The van der Waals surface area contributed by atoms with Crippen LogP contribution in [0, 0.1) is 13.8 Å². The van der Waals surface area contributed by atoms with E-state index in [0.29, 0.717) is 6.04 Å². The summed E-state index contributed by atoms with van der Waals surface area (Å²) >= 11 is 0. The molecule has 2 N–H and O–H groups in total.